The van der Waals surface area contributed by atoms with Crippen molar-refractivity contribution in [1.29, 1.82) is 5.26 Å². The van der Waals surface area contributed by atoms with Gasteiger partial charge in [0.15, 0.2) is 11.7 Å². The maximum Gasteiger partial charge on any atom is 0.189 e. The standard InChI is InChI=1S/C19H16N4O/c1-13-7-3-4-9-18(13)23-14(2)16(12-22-23)19(24)15(11-20)17-8-5-6-10-21-17/h3-10,12,15H,1-2H3. The van der Waals surface area contributed by atoms with Gasteiger partial charge in [0.05, 0.1) is 34.9 Å². The molecule has 0 fully saturated rings. The molecular weight excluding hydrogens is 300 g/mol. The van der Waals surface area contributed by atoms with Crippen LogP contribution in [0.25, 0.3) is 5.69 Å². The van der Waals surface area contributed by atoms with E-state index < -0.39 is 5.92 Å². The molecule has 0 N–H and O–H groups in total. The van der Waals surface area contributed by atoms with E-state index in [1.807, 2.05) is 38.1 Å². The van der Waals surface area contributed by atoms with E-state index in [-0.39, 0.29) is 5.78 Å². The summed E-state index contributed by atoms with van der Waals surface area (Å²) in [5.41, 5.74) is 3.58. The minimum Gasteiger partial charge on any atom is -0.292 e. The van der Waals surface area contributed by atoms with Crippen molar-refractivity contribution < 1.29 is 4.79 Å². The molecule has 24 heavy (non-hydrogen) atoms. The SMILES string of the molecule is Cc1ccccc1-n1ncc(C(=O)C(C#N)c2ccccn2)c1C. The molecule has 5 heteroatoms. The molecule has 1 unspecified atom stereocenters. The molecule has 118 valence electrons. The van der Waals surface area contributed by atoms with Gasteiger partial charge in [-0.15, -0.1) is 0 Å². The van der Waals surface area contributed by atoms with Gasteiger partial charge in [-0.25, -0.2) is 4.68 Å². The molecule has 0 saturated carbocycles. The third kappa shape index (κ3) is 2.70. The molecule has 0 aliphatic heterocycles. The number of aromatic nitrogens is 3. The smallest absolute Gasteiger partial charge is 0.189 e. The van der Waals surface area contributed by atoms with Crippen LogP contribution in [0.3, 0.4) is 0 Å². The van der Waals surface area contributed by atoms with Crippen LogP contribution in [0.15, 0.2) is 54.9 Å². The third-order valence-electron chi connectivity index (χ3n) is 3.99. The van der Waals surface area contributed by atoms with Gasteiger partial charge in [0.1, 0.15) is 0 Å². The summed E-state index contributed by atoms with van der Waals surface area (Å²) >= 11 is 0. The predicted octanol–water partition coefficient (Wildman–Crippen LogP) is 3.37. The lowest BCUT2D eigenvalue weighted by Crippen LogP contribution is -2.13. The Balaban J connectivity index is 2.01. The monoisotopic (exact) mass is 316 g/mol. The molecule has 2 aromatic heterocycles. The van der Waals surface area contributed by atoms with Crippen LogP contribution in [0.4, 0.5) is 0 Å². The van der Waals surface area contributed by atoms with Crippen LogP contribution in [-0.2, 0) is 0 Å². The summed E-state index contributed by atoms with van der Waals surface area (Å²) in [4.78, 5) is 16.9. The van der Waals surface area contributed by atoms with Crippen LogP contribution in [-0.4, -0.2) is 20.5 Å². The Morgan fingerprint density at radius 2 is 1.92 bits per heavy atom. The van der Waals surface area contributed by atoms with Crippen molar-refractivity contribution in [3.63, 3.8) is 0 Å². The summed E-state index contributed by atoms with van der Waals surface area (Å²) in [6.07, 6.45) is 3.11. The van der Waals surface area contributed by atoms with Crippen LogP contribution < -0.4 is 0 Å². The maximum absolute atomic E-state index is 12.8. The number of hydrogen-bond acceptors (Lipinski definition) is 4. The topological polar surface area (TPSA) is 71.6 Å². The molecule has 5 nitrogen and oxygen atoms in total. The summed E-state index contributed by atoms with van der Waals surface area (Å²) in [7, 11) is 0. The van der Waals surface area contributed by atoms with Crippen LogP contribution in [0, 0.1) is 25.2 Å². The minimum atomic E-state index is -0.931. The van der Waals surface area contributed by atoms with Gasteiger partial charge in [0, 0.05) is 6.20 Å². The zero-order valence-corrected chi connectivity index (χ0v) is 13.5. The number of rotatable bonds is 4. The predicted molar refractivity (Wildman–Crippen MR) is 90.0 cm³/mol. The van der Waals surface area contributed by atoms with Crippen LogP contribution >= 0.6 is 0 Å². The van der Waals surface area contributed by atoms with Crippen LogP contribution in [0.5, 0.6) is 0 Å². The van der Waals surface area contributed by atoms with E-state index in [0.29, 0.717) is 17.0 Å². The minimum absolute atomic E-state index is 0.284. The number of para-hydroxylation sites is 1. The van der Waals surface area contributed by atoms with Gasteiger partial charge in [0.25, 0.3) is 0 Å². The van der Waals surface area contributed by atoms with Crippen molar-refractivity contribution in [3.8, 4) is 11.8 Å². The van der Waals surface area contributed by atoms with E-state index in [2.05, 4.69) is 16.2 Å². The largest absolute Gasteiger partial charge is 0.292 e. The van der Waals surface area contributed by atoms with Crippen molar-refractivity contribution in [3.05, 3.63) is 77.4 Å². The fourth-order valence-corrected chi connectivity index (χ4v) is 2.66. The van der Waals surface area contributed by atoms with E-state index in [1.165, 1.54) is 6.20 Å². The fourth-order valence-electron chi connectivity index (χ4n) is 2.66. The summed E-state index contributed by atoms with van der Waals surface area (Å²) in [5.74, 6) is -1.21. The van der Waals surface area contributed by atoms with Gasteiger partial charge < -0.3 is 0 Å². The first kappa shape index (κ1) is 15.6. The Morgan fingerprint density at radius 3 is 2.58 bits per heavy atom. The van der Waals surface area contributed by atoms with Gasteiger partial charge in [-0.05, 0) is 37.6 Å². The number of Topliss-reactive ketones (excluding diaryl/α,β-unsaturated/α-hetero) is 1. The second-order valence-electron chi connectivity index (χ2n) is 5.52. The number of nitrogens with zero attached hydrogens (tertiary/aromatic N) is 4. The number of carbonyl (C=O) groups is 1. The molecule has 1 atom stereocenters. The first-order valence-corrected chi connectivity index (χ1v) is 7.59. The molecule has 0 amide bonds. The van der Waals surface area contributed by atoms with Crippen molar-refractivity contribution in [2.75, 3.05) is 0 Å². The van der Waals surface area contributed by atoms with E-state index in [1.54, 1.807) is 29.1 Å². The Hall–Kier alpha value is -3.26. The summed E-state index contributed by atoms with van der Waals surface area (Å²) in [6, 6.07) is 15.1. The molecule has 3 aromatic rings. The molecule has 3 rings (SSSR count). The van der Waals surface area contributed by atoms with E-state index >= 15 is 0 Å². The zero-order chi connectivity index (χ0) is 17.1. The Kier molecular flexibility index (Phi) is 4.21. The number of pyridine rings is 1. The van der Waals surface area contributed by atoms with Crippen molar-refractivity contribution in [1.82, 2.24) is 14.8 Å². The number of hydrogen-bond donors (Lipinski definition) is 0. The lowest BCUT2D eigenvalue weighted by Gasteiger charge is -2.10. The highest BCUT2D eigenvalue weighted by atomic mass is 16.1. The number of ketones is 1. The lowest BCUT2D eigenvalue weighted by molar-refractivity contribution is 0.0977. The van der Waals surface area contributed by atoms with Crippen LogP contribution in [0.1, 0.15) is 33.2 Å². The van der Waals surface area contributed by atoms with Crippen molar-refractivity contribution in [2.45, 2.75) is 19.8 Å². The zero-order valence-electron chi connectivity index (χ0n) is 13.5. The number of aryl methyl sites for hydroxylation is 1. The highest BCUT2D eigenvalue weighted by Gasteiger charge is 2.26. The summed E-state index contributed by atoms with van der Waals surface area (Å²) in [6.45, 7) is 3.82. The molecule has 1 aromatic carbocycles. The fraction of sp³-hybridized carbons (Fsp3) is 0.158. The lowest BCUT2D eigenvalue weighted by atomic mass is 9.96. The molecule has 0 saturated heterocycles. The molecule has 0 radical (unpaired) electrons. The number of nitriles is 1. The highest BCUT2D eigenvalue weighted by molar-refractivity contribution is 6.03. The normalized spacial score (nSPS) is 11.7. The van der Waals surface area contributed by atoms with Gasteiger partial charge in [-0.2, -0.15) is 10.4 Å². The van der Waals surface area contributed by atoms with E-state index in [4.69, 9.17) is 0 Å². The Morgan fingerprint density at radius 1 is 1.17 bits per heavy atom. The van der Waals surface area contributed by atoms with Gasteiger partial charge in [0.2, 0.25) is 0 Å². The molecular formula is C19H16N4O. The van der Waals surface area contributed by atoms with Gasteiger partial charge in [-0.1, -0.05) is 24.3 Å². The van der Waals surface area contributed by atoms with E-state index in [0.717, 1.165) is 11.3 Å². The second kappa shape index (κ2) is 6.47. The molecule has 0 aliphatic carbocycles. The first-order chi connectivity index (χ1) is 11.6. The van der Waals surface area contributed by atoms with Crippen molar-refractivity contribution in [2.24, 2.45) is 0 Å². The Bertz CT molecular complexity index is 922. The summed E-state index contributed by atoms with van der Waals surface area (Å²) in [5, 5.41) is 13.8. The van der Waals surface area contributed by atoms with Crippen molar-refractivity contribution >= 4 is 5.78 Å². The third-order valence-corrected chi connectivity index (χ3v) is 3.99. The molecule has 0 aliphatic rings. The van der Waals surface area contributed by atoms with Crippen LogP contribution in [0.2, 0.25) is 0 Å². The Labute approximate surface area is 140 Å². The number of benzene rings is 1. The van der Waals surface area contributed by atoms with Gasteiger partial charge >= 0.3 is 0 Å². The first-order valence-electron chi connectivity index (χ1n) is 7.59. The average Bonchev–Trinajstić information content (AvgIpc) is 2.98. The maximum atomic E-state index is 12.8. The average molecular weight is 316 g/mol. The second-order valence-corrected chi connectivity index (χ2v) is 5.52. The molecule has 2 heterocycles. The molecule has 0 spiro atoms. The highest BCUT2D eigenvalue weighted by Crippen LogP contribution is 2.23. The van der Waals surface area contributed by atoms with E-state index in [9.17, 15) is 10.1 Å². The summed E-state index contributed by atoms with van der Waals surface area (Å²) < 4.78 is 1.73. The van der Waals surface area contributed by atoms with Gasteiger partial charge in [-0.3, -0.25) is 9.78 Å². The molecule has 0 bridgehead atoms. The quantitative estimate of drug-likeness (QED) is 0.692. The number of carbonyl (C=O) groups excluding carboxylic acids is 1.